The molecule has 1 aromatic carbocycles. The van der Waals surface area contributed by atoms with Crippen LogP contribution in [0.15, 0.2) is 24.3 Å². The number of Topliss-reactive ketones (excluding diaryl/α,β-unsaturated/α-hetero) is 1. The minimum absolute atomic E-state index is 0.201. The van der Waals surface area contributed by atoms with Crippen LogP contribution in [0.25, 0.3) is 0 Å². The number of ketones is 1. The van der Waals surface area contributed by atoms with Gasteiger partial charge in [-0.3, -0.25) is 0 Å². The van der Waals surface area contributed by atoms with Crippen molar-refractivity contribution in [2.75, 3.05) is 0 Å². The lowest BCUT2D eigenvalue weighted by Crippen LogP contribution is -2.20. The molecule has 0 spiro atoms. The van der Waals surface area contributed by atoms with Crippen LogP contribution in [0.5, 0.6) is 0 Å². The molecule has 3 nitrogen and oxygen atoms in total. The van der Waals surface area contributed by atoms with E-state index in [1.54, 1.807) is 6.92 Å². The number of rotatable bonds is 4. The van der Waals surface area contributed by atoms with Gasteiger partial charge >= 0.3 is 0 Å². The molecule has 0 heterocycles. The van der Waals surface area contributed by atoms with Crippen molar-refractivity contribution in [1.82, 2.24) is 0 Å². The number of nitrogens with two attached hydrogens (primary N) is 2. The predicted octanol–water partition coefficient (Wildman–Crippen LogP) is 1.12. The van der Waals surface area contributed by atoms with Gasteiger partial charge in [0.05, 0.1) is 6.17 Å². The first-order valence-corrected chi connectivity index (χ1v) is 4.69. The van der Waals surface area contributed by atoms with Gasteiger partial charge in [-0.25, -0.2) is 0 Å². The van der Waals surface area contributed by atoms with E-state index in [2.05, 4.69) is 0 Å². The van der Waals surface area contributed by atoms with E-state index in [4.69, 9.17) is 11.5 Å². The summed E-state index contributed by atoms with van der Waals surface area (Å²) < 4.78 is 0. The highest BCUT2D eigenvalue weighted by atomic mass is 16.1. The average Bonchev–Trinajstić information content (AvgIpc) is 2.15. The van der Waals surface area contributed by atoms with Crippen LogP contribution in [0.4, 0.5) is 0 Å². The zero-order valence-electron chi connectivity index (χ0n) is 8.36. The molecule has 0 bridgehead atoms. The molecular weight excluding hydrogens is 176 g/mol. The van der Waals surface area contributed by atoms with Crippen molar-refractivity contribution in [3.05, 3.63) is 35.4 Å². The topological polar surface area (TPSA) is 69.1 Å². The fraction of sp³-hybridized carbons (Fsp3) is 0.364. The number of carbonyl (C=O) groups excluding carboxylic acids is 1. The maximum Gasteiger partial charge on any atom is 0.130 e. The van der Waals surface area contributed by atoms with Crippen LogP contribution in [0.3, 0.4) is 0 Å². The van der Waals surface area contributed by atoms with Crippen LogP contribution in [0.2, 0.25) is 0 Å². The largest absolute Gasteiger partial charge is 0.312 e. The van der Waals surface area contributed by atoms with E-state index in [9.17, 15) is 4.79 Å². The summed E-state index contributed by atoms with van der Waals surface area (Å²) in [6.45, 7) is 1.60. The summed E-state index contributed by atoms with van der Waals surface area (Å²) in [4.78, 5) is 10.8. The first kappa shape index (κ1) is 10.9. The molecule has 1 rings (SSSR count). The Balaban J connectivity index is 2.68. The fourth-order valence-electron chi connectivity index (χ4n) is 1.28. The second-order valence-corrected chi connectivity index (χ2v) is 3.47. The maximum atomic E-state index is 10.8. The molecule has 0 saturated carbocycles. The van der Waals surface area contributed by atoms with Crippen molar-refractivity contribution < 1.29 is 4.79 Å². The Labute approximate surface area is 84.1 Å². The second kappa shape index (κ2) is 4.88. The van der Waals surface area contributed by atoms with Gasteiger partial charge in [-0.05, 0) is 24.5 Å². The molecule has 0 atom stereocenters. The number of aryl methyl sites for hydroxylation is 1. The highest BCUT2D eigenvalue weighted by Crippen LogP contribution is 2.10. The lowest BCUT2D eigenvalue weighted by atomic mass is 10.0. The zero-order chi connectivity index (χ0) is 10.6. The molecule has 0 aliphatic rings. The highest BCUT2D eigenvalue weighted by molar-refractivity contribution is 5.75. The third kappa shape index (κ3) is 3.28. The molecule has 0 fully saturated rings. The van der Waals surface area contributed by atoms with Gasteiger partial charge in [0.15, 0.2) is 0 Å². The molecule has 3 heteroatoms. The van der Waals surface area contributed by atoms with Gasteiger partial charge in [0.2, 0.25) is 0 Å². The van der Waals surface area contributed by atoms with Crippen LogP contribution in [0.1, 0.15) is 30.6 Å². The molecule has 1 aromatic rings. The monoisotopic (exact) mass is 192 g/mol. The molecule has 0 unspecified atom stereocenters. The summed E-state index contributed by atoms with van der Waals surface area (Å²) >= 11 is 0. The van der Waals surface area contributed by atoms with Crippen molar-refractivity contribution in [2.24, 2.45) is 11.5 Å². The van der Waals surface area contributed by atoms with Crippen LogP contribution >= 0.6 is 0 Å². The van der Waals surface area contributed by atoms with E-state index in [1.165, 1.54) is 0 Å². The van der Waals surface area contributed by atoms with Crippen LogP contribution in [0, 0.1) is 0 Å². The third-order valence-electron chi connectivity index (χ3n) is 2.10. The molecule has 4 N–H and O–H groups in total. The molecule has 76 valence electrons. The number of hydrogen-bond acceptors (Lipinski definition) is 3. The summed E-state index contributed by atoms with van der Waals surface area (Å²) in [5.74, 6) is 0.201. The van der Waals surface area contributed by atoms with Crippen molar-refractivity contribution >= 4 is 5.78 Å². The first-order chi connectivity index (χ1) is 6.59. The van der Waals surface area contributed by atoms with E-state index in [0.717, 1.165) is 17.5 Å². The standard InChI is InChI=1S/C11H16N2O/c1-8(14)5-6-9-3-2-4-10(7-9)11(12)13/h2-4,7,11H,5-6,12-13H2,1H3. The minimum Gasteiger partial charge on any atom is -0.312 e. The van der Waals surface area contributed by atoms with Crippen LogP contribution in [-0.2, 0) is 11.2 Å². The van der Waals surface area contributed by atoms with Crippen molar-refractivity contribution in [1.29, 1.82) is 0 Å². The summed E-state index contributed by atoms with van der Waals surface area (Å²) in [5, 5.41) is 0. The van der Waals surface area contributed by atoms with Gasteiger partial charge in [0.25, 0.3) is 0 Å². The van der Waals surface area contributed by atoms with E-state index < -0.39 is 6.17 Å². The fourth-order valence-corrected chi connectivity index (χ4v) is 1.28. The van der Waals surface area contributed by atoms with E-state index in [1.807, 2.05) is 24.3 Å². The molecule has 0 saturated heterocycles. The zero-order valence-corrected chi connectivity index (χ0v) is 8.36. The van der Waals surface area contributed by atoms with Gasteiger partial charge in [-0.1, -0.05) is 24.3 Å². The molecule has 0 radical (unpaired) electrons. The van der Waals surface area contributed by atoms with Gasteiger partial charge in [0, 0.05) is 6.42 Å². The van der Waals surface area contributed by atoms with Crippen molar-refractivity contribution in [3.8, 4) is 0 Å². The van der Waals surface area contributed by atoms with Crippen LogP contribution < -0.4 is 11.5 Å². The molecule has 0 amide bonds. The summed E-state index contributed by atoms with van der Waals surface area (Å²) in [6.07, 6.45) is 0.895. The number of carbonyl (C=O) groups is 1. The van der Waals surface area contributed by atoms with E-state index >= 15 is 0 Å². The summed E-state index contributed by atoms with van der Waals surface area (Å²) in [6, 6.07) is 7.74. The van der Waals surface area contributed by atoms with Gasteiger partial charge in [-0.15, -0.1) is 0 Å². The first-order valence-electron chi connectivity index (χ1n) is 4.69. The highest BCUT2D eigenvalue weighted by Gasteiger charge is 2.01. The Kier molecular flexibility index (Phi) is 3.80. The molecule has 14 heavy (non-hydrogen) atoms. The predicted molar refractivity (Wildman–Crippen MR) is 56.6 cm³/mol. The number of hydrogen-bond donors (Lipinski definition) is 2. The summed E-state index contributed by atoms with van der Waals surface area (Å²) in [5.41, 5.74) is 13.1. The Bertz CT molecular complexity index is 321. The second-order valence-electron chi connectivity index (χ2n) is 3.47. The van der Waals surface area contributed by atoms with E-state index in [0.29, 0.717) is 6.42 Å². The summed E-state index contributed by atoms with van der Waals surface area (Å²) in [7, 11) is 0. The quantitative estimate of drug-likeness (QED) is 0.702. The Morgan fingerprint density at radius 1 is 1.43 bits per heavy atom. The smallest absolute Gasteiger partial charge is 0.130 e. The Morgan fingerprint density at radius 2 is 2.14 bits per heavy atom. The average molecular weight is 192 g/mol. The van der Waals surface area contributed by atoms with Crippen molar-refractivity contribution in [3.63, 3.8) is 0 Å². The van der Waals surface area contributed by atoms with Gasteiger partial charge < -0.3 is 16.3 Å². The number of benzene rings is 1. The molecule has 0 aromatic heterocycles. The van der Waals surface area contributed by atoms with Crippen LogP contribution in [-0.4, -0.2) is 5.78 Å². The maximum absolute atomic E-state index is 10.8. The van der Waals surface area contributed by atoms with Crippen molar-refractivity contribution in [2.45, 2.75) is 25.9 Å². The normalized spacial score (nSPS) is 10.6. The van der Waals surface area contributed by atoms with Gasteiger partial charge in [0.1, 0.15) is 5.78 Å². The lowest BCUT2D eigenvalue weighted by Gasteiger charge is -2.07. The molecule has 0 aliphatic carbocycles. The lowest BCUT2D eigenvalue weighted by molar-refractivity contribution is -0.116. The third-order valence-corrected chi connectivity index (χ3v) is 2.10. The Morgan fingerprint density at radius 3 is 2.71 bits per heavy atom. The SMILES string of the molecule is CC(=O)CCc1cccc(C(N)N)c1. The Hall–Kier alpha value is -1.19. The molecular formula is C11H16N2O. The van der Waals surface area contributed by atoms with Gasteiger partial charge in [-0.2, -0.15) is 0 Å². The molecule has 0 aliphatic heterocycles. The van der Waals surface area contributed by atoms with E-state index in [-0.39, 0.29) is 5.78 Å². The minimum atomic E-state index is -0.438.